The van der Waals surface area contributed by atoms with E-state index in [0.717, 1.165) is 18.4 Å². The van der Waals surface area contributed by atoms with Gasteiger partial charge in [-0.3, -0.25) is 9.59 Å². The van der Waals surface area contributed by atoms with E-state index in [1.807, 2.05) is 12.1 Å². The Labute approximate surface area is 163 Å². The molecular formula is C21H24ClNO4. The Kier molecular flexibility index (Phi) is 4.77. The molecule has 144 valence electrons. The summed E-state index contributed by atoms with van der Waals surface area (Å²) in [7, 11) is 0. The number of rotatable bonds is 3. The van der Waals surface area contributed by atoms with Crippen molar-refractivity contribution in [2.45, 2.75) is 38.8 Å². The molecular weight excluding hydrogens is 366 g/mol. The lowest BCUT2D eigenvalue weighted by Crippen LogP contribution is -2.45. The molecule has 2 aliphatic heterocycles. The predicted molar refractivity (Wildman–Crippen MR) is 101 cm³/mol. The number of Topliss-reactive ketones (excluding diaryl/α,β-unsaturated/α-hetero) is 1. The van der Waals surface area contributed by atoms with Crippen LogP contribution >= 0.6 is 11.6 Å². The molecule has 4 rings (SSSR count). The third kappa shape index (κ3) is 2.97. The molecule has 1 aromatic carbocycles. The number of halogens is 1. The van der Waals surface area contributed by atoms with Gasteiger partial charge in [0, 0.05) is 11.6 Å². The Balaban J connectivity index is 1.79. The number of ketones is 1. The molecule has 1 N–H and O–H groups in total. The zero-order valence-corrected chi connectivity index (χ0v) is 16.3. The zero-order valence-electron chi connectivity index (χ0n) is 15.5. The Bertz CT molecular complexity index is 803. The highest BCUT2D eigenvalue weighted by molar-refractivity contribution is 6.30. The minimum Gasteiger partial charge on any atom is -0.483 e. The molecule has 2 heterocycles. The fourth-order valence-electron chi connectivity index (χ4n) is 4.95. The standard InChI is InChI=1S/C21H24ClNO4/c1-11-9-12(2)19-15(10-11)18(25)16-17(13-3-5-14(22)6-4-13)23(7-8-24)21(26)20(16)27-19/h3-6,11-12,15,17,19,24H,7-10H2,1-2H3. The fraction of sp³-hybridized carbons (Fsp3) is 0.524. The first-order chi connectivity index (χ1) is 12.9. The van der Waals surface area contributed by atoms with Crippen LogP contribution in [-0.2, 0) is 14.3 Å². The molecule has 3 aliphatic rings. The second kappa shape index (κ2) is 6.95. The van der Waals surface area contributed by atoms with Gasteiger partial charge in [-0.25, -0.2) is 0 Å². The third-order valence-electron chi connectivity index (χ3n) is 6.06. The molecule has 0 aromatic heterocycles. The van der Waals surface area contributed by atoms with Crippen molar-refractivity contribution in [3.05, 3.63) is 46.2 Å². The lowest BCUT2D eigenvalue weighted by Gasteiger charge is -2.41. The van der Waals surface area contributed by atoms with E-state index < -0.39 is 6.04 Å². The Morgan fingerprint density at radius 1 is 1.19 bits per heavy atom. The van der Waals surface area contributed by atoms with Crippen molar-refractivity contribution in [3.8, 4) is 0 Å². The molecule has 1 amide bonds. The van der Waals surface area contributed by atoms with E-state index in [-0.39, 0.29) is 48.5 Å². The molecule has 1 fully saturated rings. The Morgan fingerprint density at radius 3 is 2.56 bits per heavy atom. The van der Waals surface area contributed by atoms with Crippen molar-refractivity contribution < 1.29 is 19.4 Å². The average Bonchev–Trinajstić information content (AvgIpc) is 2.90. The van der Waals surface area contributed by atoms with Crippen LogP contribution in [0.1, 0.15) is 38.3 Å². The minimum atomic E-state index is -0.530. The predicted octanol–water partition coefficient (Wildman–Crippen LogP) is 3.12. The average molecular weight is 390 g/mol. The summed E-state index contributed by atoms with van der Waals surface area (Å²) in [4.78, 5) is 28.0. The Hall–Kier alpha value is -1.85. The van der Waals surface area contributed by atoms with Crippen LogP contribution in [-0.4, -0.2) is 41.0 Å². The molecule has 5 nitrogen and oxygen atoms in total. The maximum atomic E-state index is 13.5. The molecule has 27 heavy (non-hydrogen) atoms. The number of hydrogen-bond donors (Lipinski definition) is 1. The number of aliphatic hydroxyl groups is 1. The SMILES string of the molecule is CC1CC(C)C2OC3=C(C(=O)C2C1)C(c1ccc(Cl)cc1)N(CCO)C3=O. The van der Waals surface area contributed by atoms with E-state index in [1.165, 1.54) is 4.90 Å². The van der Waals surface area contributed by atoms with Gasteiger partial charge in [0.05, 0.1) is 24.1 Å². The molecule has 0 bridgehead atoms. The van der Waals surface area contributed by atoms with Gasteiger partial charge in [-0.15, -0.1) is 0 Å². The summed E-state index contributed by atoms with van der Waals surface area (Å²) in [6.07, 6.45) is 1.54. The van der Waals surface area contributed by atoms with Crippen molar-refractivity contribution >= 4 is 23.3 Å². The highest BCUT2D eigenvalue weighted by atomic mass is 35.5. The number of aliphatic hydroxyl groups excluding tert-OH is 1. The molecule has 5 unspecified atom stereocenters. The normalized spacial score (nSPS) is 33.0. The minimum absolute atomic E-state index is 0.0217. The first-order valence-electron chi connectivity index (χ1n) is 9.54. The molecule has 1 aromatic rings. The Morgan fingerprint density at radius 2 is 1.89 bits per heavy atom. The van der Waals surface area contributed by atoms with E-state index in [2.05, 4.69) is 13.8 Å². The van der Waals surface area contributed by atoms with E-state index >= 15 is 0 Å². The highest BCUT2D eigenvalue weighted by Gasteiger charge is 2.53. The number of ether oxygens (including phenoxy) is 1. The number of nitrogens with zero attached hydrogens (tertiary/aromatic N) is 1. The van der Waals surface area contributed by atoms with Crippen molar-refractivity contribution in [1.82, 2.24) is 4.90 Å². The monoisotopic (exact) mass is 389 g/mol. The van der Waals surface area contributed by atoms with Gasteiger partial charge in [-0.2, -0.15) is 0 Å². The highest BCUT2D eigenvalue weighted by Crippen LogP contribution is 2.48. The van der Waals surface area contributed by atoms with Gasteiger partial charge in [0.1, 0.15) is 6.10 Å². The summed E-state index contributed by atoms with van der Waals surface area (Å²) in [5.74, 6) is 0.362. The van der Waals surface area contributed by atoms with E-state index in [4.69, 9.17) is 16.3 Å². The van der Waals surface area contributed by atoms with Crippen LogP contribution in [0.4, 0.5) is 0 Å². The number of carbonyl (C=O) groups excluding carboxylic acids is 2. The first-order valence-corrected chi connectivity index (χ1v) is 9.92. The van der Waals surface area contributed by atoms with Crippen molar-refractivity contribution in [2.75, 3.05) is 13.2 Å². The topological polar surface area (TPSA) is 66.8 Å². The van der Waals surface area contributed by atoms with Gasteiger partial charge in [-0.05, 0) is 42.4 Å². The third-order valence-corrected chi connectivity index (χ3v) is 6.31. The van der Waals surface area contributed by atoms with Crippen LogP contribution in [0.3, 0.4) is 0 Å². The van der Waals surface area contributed by atoms with Gasteiger partial charge in [0.15, 0.2) is 11.5 Å². The maximum absolute atomic E-state index is 13.5. The summed E-state index contributed by atoms with van der Waals surface area (Å²) in [5.41, 5.74) is 1.25. The number of fused-ring (bicyclic) bond motifs is 1. The second-order valence-corrected chi connectivity index (χ2v) is 8.46. The van der Waals surface area contributed by atoms with Crippen molar-refractivity contribution in [1.29, 1.82) is 0 Å². The molecule has 0 radical (unpaired) electrons. The van der Waals surface area contributed by atoms with Crippen LogP contribution in [0.2, 0.25) is 5.02 Å². The molecule has 1 saturated carbocycles. The quantitative estimate of drug-likeness (QED) is 0.862. The first kappa shape index (κ1) is 18.5. The smallest absolute Gasteiger partial charge is 0.290 e. The van der Waals surface area contributed by atoms with Crippen LogP contribution in [0.5, 0.6) is 0 Å². The lowest BCUT2D eigenvalue weighted by atomic mass is 9.70. The number of β-amino-alcohol motifs (C(OH)–C–C–N with tert-alkyl or cyclic N) is 1. The van der Waals surface area contributed by atoms with Gasteiger partial charge < -0.3 is 14.7 Å². The van der Waals surface area contributed by atoms with Gasteiger partial charge in [0.25, 0.3) is 5.91 Å². The van der Waals surface area contributed by atoms with E-state index in [0.29, 0.717) is 16.5 Å². The van der Waals surface area contributed by atoms with Crippen LogP contribution in [0.15, 0.2) is 35.6 Å². The van der Waals surface area contributed by atoms with Gasteiger partial charge in [-0.1, -0.05) is 37.6 Å². The lowest BCUT2D eigenvalue weighted by molar-refractivity contribution is -0.139. The number of amides is 1. The summed E-state index contributed by atoms with van der Waals surface area (Å²) in [6, 6.07) is 6.62. The summed E-state index contributed by atoms with van der Waals surface area (Å²) in [6.45, 7) is 4.23. The van der Waals surface area contributed by atoms with Crippen LogP contribution in [0.25, 0.3) is 0 Å². The summed E-state index contributed by atoms with van der Waals surface area (Å²) in [5, 5.41) is 10.1. The number of carbonyl (C=O) groups is 2. The molecule has 1 aliphatic carbocycles. The number of benzene rings is 1. The van der Waals surface area contributed by atoms with Crippen molar-refractivity contribution in [3.63, 3.8) is 0 Å². The van der Waals surface area contributed by atoms with E-state index in [1.54, 1.807) is 12.1 Å². The number of hydrogen-bond acceptors (Lipinski definition) is 4. The van der Waals surface area contributed by atoms with E-state index in [9.17, 15) is 14.7 Å². The zero-order chi connectivity index (χ0) is 19.3. The maximum Gasteiger partial charge on any atom is 0.290 e. The second-order valence-electron chi connectivity index (χ2n) is 8.03. The van der Waals surface area contributed by atoms with Crippen LogP contribution < -0.4 is 0 Å². The fourth-order valence-corrected chi connectivity index (χ4v) is 5.08. The molecule has 0 saturated heterocycles. The van der Waals surface area contributed by atoms with Gasteiger partial charge in [0.2, 0.25) is 0 Å². The van der Waals surface area contributed by atoms with Crippen molar-refractivity contribution in [2.24, 2.45) is 17.8 Å². The molecule has 6 heteroatoms. The largest absolute Gasteiger partial charge is 0.483 e. The molecule has 5 atom stereocenters. The van der Waals surface area contributed by atoms with Crippen LogP contribution in [0, 0.1) is 17.8 Å². The van der Waals surface area contributed by atoms with Gasteiger partial charge >= 0.3 is 0 Å². The summed E-state index contributed by atoms with van der Waals surface area (Å²) < 4.78 is 6.17. The summed E-state index contributed by atoms with van der Waals surface area (Å²) >= 11 is 6.01. The molecule has 0 spiro atoms.